The molecule has 160 valence electrons. The van der Waals surface area contributed by atoms with Gasteiger partial charge in [0.25, 0.3) is 11.8 Å². The smallest absolute Gasteiger partial charge is 0.267 e. The van der Waals surface area contributed by atoms with Crippen molar-refractivity contribution in [1.29, 1.82) is 0 Å². The number of aryl methyl sites for hydroxylation is 1. The van der Waals surface area contributed by atoms with E-state index in [2.05, 4.69) is 10.3 Å². The summed E-state index contributed by atoms with van der Waals surface area (Å²) in [4.78, 5) is 32.5. The third-order valence-electron chi connectivity index (χ3n) is 5.33. The van der Waals surface area contributed by atoms with Crippen LogP contribution in [0.1, 0.15) is 55.6 Å². The van der Waals surface area contributed by atoms with Crippen molar-refractivity contribution in [3.05, 3.63) is 81.1 Å². The standard InChI is InChI=1S/C24H24FN3O2S/c1-16-22(31-21(26-16)14-17-8-10-19(25)11-9-17)23(29)27-20-7-5-6-18(15-20)24(30)28-12-3-2-4-13-28/h5-11,15H,2-4,12-14H2,1H3,(H,27,29). The molecule has 0 atom stereocenters. The lowest BCUT2D eigenvalue weighted by molar-refractivity contribution is 0.0724. The number of aromatic nitrogens is 1. The molecule has 2 amide bonds. The number of carbonyl (C=O) groups is 2. The Morgan fingerprint density at radius 3 is 2.58 bits per heavy atom. The van der Waals surface area contributed by atoms with Crippen molar-refractivity contribution >= 4 is 28.8 Å². The molecule has 1 aliphatic heterocycles. The number of rotatable bonds is 5. The molecule has 3 aromatic rings. The number of halogens is 1. The SMILES string of the molecule is Cc1nc(Cc2ccc(F)cc2)sc1C(=O)Nc1cccc(C(=O)N2CCCCC2)c1. The van der Waals surface area contributed by atoms with E-state index in [9.17, 15) is 14.0 Å². The Labute approximate surface area is 184 Å². The quantitative estimate of drug-likeness (QED) is 0.607. The Morgan fingerprint density at radius 2 is 1.84 bits per heavy atom. The lowest BCUT2D eigenvalue weighted by Crippen LogP contribution is -2.35. The van der Waals surface area contributed by atoms with Crippen LogP contribution in [0.15, 0.2) is 48.5 Å². The van der Waals surface area contributed by atoms with E-state index in [1.807, 2.05) is 4.90 Å². The van der Waals surface area contributed by atoms with Crippen LogP contribution in [0.4, 0.5) is 10.1 Å². The zero-order valence-corrected chi connectivity index (χ0v) is 18.2. The molecule has 0 unspecified atom stereocenters. The third-order valence-corrected chi connectivity index (χ3v) is 6.48. The first-order valence-corrected chi connectivity index (χ1v) is 11.2. The predicted octanol–water partition coefficient (Wildman–Crippen LogP) is 5.06. The fourth-order valence-corrected chi connectivity index (χ4v) is 4.71. The predicted molar refractivity (Wildman–Crippen MR) is 120 cm³/mol. The van der Waals surface area contributed by atoms with E-state index in [4.69, 9.17) is 0 Å². The molecule has 0 saturated carbocycles. The number of carbonyl (C=O) groups excluding carboxylic acids is 2. The minimum atomic E-state index is -0.278. The summed E-state index contributed by atoms with van der Waals surface area (Å²) in [6.07, 6.45) is 3.77. The average molecular weight is 438 g/mol. The zero-order valence-electron chi connectivity index (χ0n) is 17.4. The van der Waals surface area contributed by atoms with Gasteiger partial charge in [-0.05, 0) is 62.1 Å². The Balaban J connectivity index is 1.45. The molecule has 2 heterocycles. The van der Waals surface area contributed by atoms with Crippen LogP contribution in [0.25, 0.3) is 0 Å². The molecule has 1 aromatic heterocycles. The molecular weight excluding hydrogens is 413 g/mol. The van der Waals surface area contributed by atoms with Crippen molar-refractivity contribution in [1.82, 2.24) is 9.88 Å². The topological polar surface area (TPSA) is 62.3 Å². The van der Waals surface area contributed by atoms with Gasteiger partial charge in [0.05, 0.1) is 10.7 Å². The van der Waals surface area contributed by atoms with Crippen LogP contribution in [-0.2, 0) is 6.42 Å². The number of piperidine rings is 1. The first-order chi connectivity index (χ1) is 15.0. The summed E-state index contributed by atoms with van der Waals surface area (Å²) in [6.45, 7) is 3.37. The van der Waals surface area contributed by atoms with Gasteiger partial charge in [-0.25, -0.2) is 9.37 Å². The number of benzene rings is 2. The van der Waals surface area contributed by atoms with E-state index in [-0.39, 0.29) is 17.6 Å². The lowest BCUT2D eigenvalue weighted by Gasteiger charge is -2.26. The van der Waals surface area contributed by atoms with Crippen LogP contribution in [0.5, 0.6) is 0 Å². The van der Waals surface area contributed by atoms with Crippen molar-refractivity contribution in [3.8, 4) is 0 Å². The summed E-state index contributed by atoms with van der Waals surface area (Å²) >= 11 is 1.33. The second-order valence-electron chi connectivity index (χ2n) is 7.71. The number of likely N-dealkylation sites (tertiary alicyclic amines) is 1. The van der Waals surface area contributed by atoms with Crippen LogP contribution < -0.4 is 5.32 Å². The van der Waals surface area contributed by atoms with E-state index < -0.39 is 0 Å². The third kappa shape index (κ3) is 5.17. The van der Waals surface area contributed by atoms with E-state index in [0.717, 1.165) is 42.9 Å². The van der Waals surface area contributed by atoms with E-state index in [1.54, 1.807) is 43.3 Å². The van der Waals surface area contributed by atoms with Gasteiger partial charge in [-0.1, -0.05) is 18.2 Å². The largest absolute Gasteiger partial charge is 0.339 e. The molecule has 1 aliphatic rings. The molecule has 4 rings (SSSR count). The molecule has 1 fully saturated rings. The summed E-state index contributed by atoms with van der Waals surface area (Å²) < 4.78 is 13.1. The van der Waals surface area contributed by atoms with Gasteiger partial charge in [0.2, 0.25) is 0 Å². The maximum Gasteiger partial charge on any atom is 0.267 e. The van der Waals surface area contributed by atoms with Crippen molar-refractivity contribution in [3.63, 3.8) is 0 Å². The first kappa shape index (κ1) is 21.2. The number of anilines is 1. The molecule has 31 heavy (non-hydrogen) atoms. The van der Waals surface area contributed by atoms with Crippen LogP contribution >= 0.6 is 11.3 Å². The van der Waals surface area contributed by atoms with Gasteiger partial charge in [-0.15, -0.1) is 11.3 Å². The zero-order chi connectivity index (χ0) is 21.8. The monoisotopic (exact) mass is 437 g/mol. The van der Waals surface area contributed by atoms with Gasteiger partial charge in [0, 0.05) is 30.8 Å². The molecule has 0 bridgehead atoms. The molecule has 0 spiro atoms. The highest BCUT2D eigenvalue weighted by atomic mass is 32.1. The molecule has 2 aromatic carbocycles. The molecule has 7 heteroatoms. The second kappa shape index (κ2) is 9.39. The molecule has 0 radical (unpaired) electrons. The van der Waals surface area contributed by atoms with Crippen molar-refractivity contribution in [2.45, 2.75) is 32.6 Å². The number of hydrogen-bond donors (Lipinski definition) is 1. The number of amides is 2. The summed E-state index contributed by atoms with van der Waals surface area (Å²) in [5, 5.41) is 3.69. The van der Waals surface area contributed by atoms with E-state index in [0.29, 0.717) is 28.2 Å². The number of thiazole rings is 1. The second-order valence-corrected chi connectivity index (χ2v) is 8.80. The van der Waals surface area contributed by atoms with Gasteiger partial charge in [0.1, 0.15) is 10.7 Å². The Hall–Kier alpha value is -3.06. The summed E-state index contributed by atoms with van der Waals surface area (Å²) in [5.74, 6) is -0.519. The lowest BCUT2D eigenvalue weighted by atomic mass is 10.1. The van der Waals surface area contributed by atoms with Gasteiger partial charge in [0.15, 0.2) is 0 Å². The molecule has 1 N–H and O–H groups in total. The highest BCUT2D eigenvalue weighted by Gasteiger charge is 2.20. The van der Waals surface area contributed by atoms with E-state index in [1.165, 1.54) is 23.5 Å². The Morgan fingerprint density at radius 1 is 1.10 bits per heavy atom. The Bertz CT molecular complexity index is 1090. The molecule has 5 nitrogen and oxygen atoms in total. The van der Waals surface area contributed by atoms with Crippen molar-refractivity contribution in [2.75, 3.05) is 18.4 Å². The minimum absolute atomic E-state index is 0.00588. The van der Waals surface area contributed by atoms with Crippen molar-refractivity contribution in [2.24, 2.45) is 0 Å². The highest BCUT2D eigenvalue weighted by Crippen LogP contribution is 2.23. The van der Waals surface area contributed by atoms with Gasteiger partial charge >= 0.3 is 0 Å². The normalized spacial score (nSPS) is 13.8. The number of nitrogens with zero attached hydrogens (tertiary/aromatic N) is 2. The van der Waals surface area contributed by atoms with Crippen LogP contribution in [0.3, 0.4) is 0 Å². The summed E-state index contributed by atoms with van der Waals surface area (Å²) in [5.41, 5.74) is 2.75. The fourth-order valence-electron chi connectivity index (χ4n) is 3.71. The number of nitrogens with one attached hydrogen (secondary N) is 1. The van der Waals surface area contributed by atoms with Crippen molar-refractivity contribution < 1.29 is 14.0 Å². The minimum Gasteiger partial charge on any atom is -0.339 e. The average Bonchev–Trinajstić information content (AvgIpc) is 3.15. The van der Waals surface area contributed by atoms with Gasteiger partial charge in [-0.3, -0.25) is 9.59 Å². The maximum absolute atomic E-state index is 13.1. The highest BCUT2D eigenvalue weighted by molar-refractivity contribution is 7.14. The summed E-state index contributed by atoms with van der Waals surface area (Å²) in [6, 6.07) is 13.3. The molecule has 0 aliphatic carbocycles. The van der Waals surface area contributed by atoms with Crippen LogP contribution in [-0.4, -0.2) is 34.8 Å². The molecular formula is C24H24FN3O2S. The Kier molecular flexibility index (Phi) is 6.42. The maximum atomic E-state index is 13.1. The summed E-state index contributed by atoms with van der Waals surface area (Å²) in [7, 11) is 0. The molecule has 1 saturated heterocycles. The first-order valence-electron chi connectivity index (χ1n) is 10.4. The fraction of sp³-hybridized carbons (Fsp3) is 0.292. The van der Waals surface area contributed by atoms with Gasteiger partial charge < -0.3 is 10.2 Å². The van der Waals surface area contributed by atoms with Crippen LogP contribution in [0, 0.1) is 12.7 Å². The van der Waals surface area contributed by atoms with Crippen LogP contribution in [0.2, 0.25) is 0 Å². The van der Waals surface area contributed by atoms with E-state index >= 15 is 0 Å². The van der Waals surface area contributed by atoms with Gasteiger partial charge in [-0.2, -0.15) is 0 Å². The number of hydrogen-bond acceptors (Lipinski definition) is 4.